The first kappa shape index (κ1) is 19.3. The zero-order valence-electron chi connectivity index (χ0n) is 14.6. The lowest BCUT2D eigenvalue weighted by Gasteiger charge is -2.21. The number of carbonyl (C=O) groups excluding carboxylic acids is 1. The number of thiophene rings is 1. The van der Waals surface area contributed by atoms with Gasteiger partial charge in [0.2, 0.25) is 0 Å². The number of carboxylic acid groups (broad SMARTS) is 1. The Labute approximate surface area is 156 Å². The maximum atomic E-state index is 12.7. The maximum Gasteiger partial charge on any atom is 0.338 e. The molecule has 7 heteroatoms. The lowest BCUT2D eigenvalue weighted by atomic mass is 9.94. The van der Waals surface area contributed by atoms with Crippen LogP contribution < -0.4 is 10.2 Å². The molecule has 0 aliphatic heterocycles. The Balaban J connectivity index is 2.31. The van der Waals surface area contributed by atoms with Gasteiger partial charge in [0.1, 0.15) is 5.00 Å². The zero-order valence-corrected chi connectivity index (χ0v) is 16.2. The van der Waals surface area contributed by atoms with Gasteiger partial charge in [-0.05, 0) is 42.7 Å². The number of amides is 2. The Bertz CT molecular complexity index is 779. The summed E-state index contributed by atoms with van der Waals surface area (Å²) in [7, 11) is 0. The van der Waals surface area contributed by atoms with Crippen LogP contribution in [0.2, 0.25) is 5.02 Å². The molecule has 0 aliphatic rings. The molecule has 1 aromatic carbocycles. The molecule has 0 radical (unpaired) electrons. The number of carbonyl (C=O) groups is 2. The van der Waals surface area contributed by atoms with Gasteiger partial charge in [-0.15, -0.1) is 11.3 Å². The first-order chi connectivity index (χ1) is 11.6. The summed E-state index contributed by atoms with van der Waals surface area (Å²) in [5.41, 5.74) is 0.600. The van der Waals surface area contributed by atoms with E-state index < -0.39 is 5.97 Å². The third-order valence-corrected chi connectivity index (χ3v) is 5.35. The molecule has 134 valence electrons. The summed E-state index contributed by atoms with van der Waals surface area (Å²) in [6, 6.07) is 8.16. The minimum absolute atomic E-state index is 0.107. The lowest BCUT2D eigenvalue weighted by molar-refractivity contribution is 0.0698. The van der Waals surface area contributed by atoms with E-state index in [-0.39, 0.29) is 17.0 Å². The Morgan fingerprint density at radius 3 is 2.32 bits per heavy atom. The Morgan fingerprint density at radius 1 is 1.24 bits per heavy atom. The molecular weight excluding hydrogens is 360 g/mol. The number of rotatable bonds is 4. The van der Waals surface area contributed by atoms with Crippen molar-refractivity contribution in [3.05, 3.63) is 45.8 Å². The van der Waals surface area contributed by atoms with Gasteiger partial charge in [-0.3, -0.25) is 10.2 Å². The normalized spacial score (nSPS) is 11.2. The van der Waals surface area contributed by atoms with Crippen LogP contribution in [0.15, 0.2) is 30.3 Å². The number of hydrogen-bond acceptors (Lipinski definition) is 3. The van der Waals surface area contributed by atoms with Crippen LogP contribution in [0.3, 0.4) is 0 Å². The molecule has 0 saturated heterocycles. The highest BCUT2D eigenvalue weighted by molar-refractivity contribution is 7.16. The largest absolute Gasteiger partial charge is 0.478 e. The highest BCUT2D eigenvalue weighted by atomic mass is 35.5. The topological polar surface area (TPSA) is 69.6 Å². The van der Waals surface area contributed by atoms with Crippen molar-refractivity contribution < 1.29 is 14.7 Å². The summed E-state index contributed by atoms with van der Waals surface area (Å²) in [5, 5.41) is 13.1. The standard InChI is InChI=1S/C18H21ClN2O3S/c1-5-21(12-8-6-11(19)7-9-12)17(24)20-15-13(16(22)23)10-14(25-15)18(2,3)4/h6-10H,5H2,1-4H3,(H,20,24)(H,22,23). The molecule has 2 aromatic rings. The van der Waals surface area contributed by atoms with E-state index in [4.69, 9.17) is 11.6 Å². The molecule has 0 aliphatic carbocycles. The van der Waals surface area contributed by atoms with E-state index in [1.165, 1.54) is 16.2 Å². The van der Waals surface area contributed by atoms with Crippen molar-refractivity contribution in [1.29, 1.82) is 0 Å². The van der Waals surface area contributed by atoms with Crippen molar-refractivity contribution in [3.63, 3.8) is 0 Å². The summed E-state index contributed by atoms with van der Waals surface area (Å²) in [5.74, 6) is -1.06. The molecule has 2 N–H and O–H groups in total. The van der Waals surface area contributed by atoms with E-state index in [9.17, 15) is 14.7 Å². The van der Waals surface area contributed by atoms with Crippen LogP contribution in [0.4, 0.5) is 15.5 Å². The molecule has 2 amide bonds. The minimum Gasteiger partial charge on any atom is -0.478 e. The van der Waals surface area contributed by atoms with E-state index in [0.717, 1.165) is 4.88 Å². The number of urea groups is 1. The van der Waals surface area contributed by atoms with Crippen LogP contribution in [0.5, 0.6) is 0 Å². The monoisotopic (exact) mass is 380 g/mol. The van der Waals surface area contributed by atoms with Crippen molar-refractivity contribution in [3.8, 4) is 0 Å². The van der Waals surface area contributed by atoms with Gasteiger partial charge in [0.05, 0.1) is 5.56 Å². The average Bonchev–Trinajstić information content (AvgIpc) is 2.94. The molecule has 0 fully saturated rings. The highest BCUT2D eigenvalue weighted by Crippen LogP contribution is 2.36. The van der Waals surface area contributed by atoms with Crippen LogP contribution >= 0.6 is 22.9 Å². The summed E-state index contributed by atoms with van der Waals surface area (Å²) in [6.45, 7) is 8.29. The Hall–Kier alpha value is -2.05. The predicted molar refractivity (Wildman–Crippen MR) is 103 cm³/mol. The number of benzene rings is 1. The second kappa shape index (κ2) is 7.45. The second-order valence-corrected chi connectivity index (χ2v) is 8.05. The first-order valence-corrected chi connectivity index (χ1v) is 9.04. The highest BCUT2D eigenvalue weighted by Gasteiger charge is 2.25. The van der Waals surface area contributed by atoms with Crippen LogP contribution in [0, 0.1) is 0 Å². The van der Waals surface area contributed by atoms with Gasteiger partial charge in [-0.2, -0.15) is 0 Å². The fraction of sp³-hybridized carbons (Fsp3) is 0.333. The SMILES string of the molecule is CCN(C(=O)Nc1sc(C(C)(C)C)cc1C(=O)O)c1ccc(Cl)cc1. The van der Waals surface area contributed by atoms with Crippen molar-refractivity contribution in [1.82, 2.24) is 0 Å². The molecule has 0 spiro atoms. The van der Waals surface area contributed by atoms with Crippen molar-refractivity contribution in [2.75, 3.05) is 16.8 Å². The average molecular weight is 381 g/mol. The first-order valence-electron chi connectivity index (χ1n) is 7.85. The van der Waals surface area contributed by atoms with Crippen LogP contribution in [-0.2, 0) is 5.41 Å². The van der Waals surface area contributed by atoms with Gasteiger partial charge >= 0.3 is 12.0 Å². The summed E-state index contributed by atoms with van der Waals surface area (Å²) in [4.78, 5) is 26.6. The number of carboxylic acids is 1. The third kappa shape index (κ3) is 4.52. The number of nitrogens with one attached hydrogen (secondary N) is 1. The fourth-order valence-electron chi connectivity index (χ4n) is 2.24. The minimum atomic E-state index is -1.06. The van der Waals surface area contributed by atoms with E-state index in [0.29, 0.717) is 22.3 Å². The van der Waals surface area contributed by atoms with Gasteiger partial charge in [-0.1, -0.05) is 32.4 Å². The molecular formula is C18H21ClN2O3S. The van der Waals surface area contributed by atoms with Gasteiger partial charge in [0.15, 0.2) is 0 Å². The van der Waals surface area contributed by atoms with Crippen molar-refractivity contribution in [2.45, 2.75) is 33.1 Å². The molecule has 1 aromatic heterocycles. The van der Waals surface area contributed by atoms with E-state index in [2.05, 4.69) is 5.32 Å². The number of anilines is 2. The zero-order chi connectivity index (χ0) is 18.8. The smallest absolute Gasteiger partial charge is 0.338 e. The summed E-state index contributed by atoms with van der Waals surface area (Å²) >= 11 is 7.18. The molecule has 0 bridgehead atoms. The maximum absolute atomic E-state index is 12.7. The molecule has 0 atom stereocenters. The summed E-state index contributed by atoms with van der Waals surface area (Å²) in [6.07, 6.45) is 0. The van der Waals surface area contributed by atoms with Crippen LogP contribution in [-0.4, -0.2) is 23.7 Å². The predicted octanol–water partition coefficient (Wildman–Crippen LogP) is 5.46. The molecule has 2 rings (SSSR count). The quantitative estimate of drug-likeness (QED) is 0.740. The van der Waals surface area contributed by atoms with Gasteiger partial charge in [-0.25, -0.2) is 9.59 Å². The van der Waals surface area contributed by atoms with E-state index in [1.807, 2.05) is 27.7 Å². The third-order valence-electron chi connectivity index (χ3n) is 3.62. The van der Waals surface area contributed by atoms with Crippen LogP contribution in [0.1, 0.15) is 42.9 Å². The van der Waals surface area contributed by atoms with Crippen molar-refractivity contribution >= 4 is 45.6 Å². The fourth-order valence-corrected chi connectivity index (χ4v) is 3.46. The number of aromatic carboxylic acids is 1. The molecule has 0 saturated carbocycles. The lowest BCUT2D eigenvalue weighted by Crippen LogP contribution is -2.34. The van der Waals surface area contributed by atoms with Crippen LogP contribution in [0.25, 0.3) is 0 Å². The molecule has 25 heavy (non-hydrogen) atoms. The number of halogens is 1. The molecule has 5 nitrogen and oxygen atoms in total. The summed E-state index contributed by atoms with van der Waals surface area (Å²) < 4.78 is 0. The van der Waals surface area contributed by atoms with E-state index >= 15 is 0 Å². The number of nitrogens with zero attached hydrogens (tertiary/aromatic N) is 1. The van der Waals surface area contributed by atoms with Gasteiger partial charge < -0.3 is 5.11 Å². The van der Waals surface area contributed by atoms with E-state index in [1.54, 1.807) is 30.3 Å². The second-order valence-electron chi connectivity index (χ2n) is 6.56. The van der Waals surface area contributed by atoms with Crippen molar-refractivity contribution in [2.24, 2.45) is 0 Å². The Morgan fingerprint density at radius 2 is 1.84 bits per heavy atom. The molecule has 1 heterocycles. The molecule has 0 unspecified atom stereocenters. The van der Waals surface area contributed by atoms with Gasteiger partial charge in [0, 0.05) is 22.1 Å². The number of hydrogen-bond donors (Lipinski definition) is 2. The van der Waals surface area contributed by atoms with Gasteiger partial charge in [0.25, 0.3) is 0 Å². The Kier molecular flexibility index (Phi) is 5.75.